The maximum absolute atomic E-state index is 12.6. The average molecular weight is 373 g/mol. The lowest BCUT2D eigenvalue weighted by Gasteiger charge is -2.22. The number of benzene rings is 2. The van der Waals surface area contributed by atoms with E-state index < -0.39 is 0 Å². The molecular weight excluding hydrogens is 352 g/mol. The monoisotopic (exact) mass is 372 g/mol. The molecule has 2 amide bonds. The fourth-order valence-electron chi connectivity index (χ4n) is 2.92. The number of hydrogen-bond acceptors (Lipinski definition) is 3. The molecule has 0 unspecified atom stereocenters. The van der Waals surface area contributed by atoms with Gasteiger partial charge in [0.05, 0.1) is 6.42 Å². The molecule has 0 atom stereocenters. The summed E-state index contributed by atoms with van der Waals surface area (Å²) in [6, 6.07) is 16.4. The zero-order valence-corrected chi connectivity index (χ0v) is 15.2. The van der Waals surface area contributed by atoms with Gasteiger partial charge in [-0.05, 0) is 30.2 Å². The molecule has 3 rings (SSSR count). The number of rotatable bonds is 3. The van der Waals surface area contributed by atoms with Crippen molar-refractivity contribution in [2.75, 3.05) is 26.2 Å². The Morgan fingerprint density at radius 3 is 2.31 bits per heavy atom. The third-order valence-electron chi connectivity index (χ3n) is 4.35. The average Bonchev–Trinajstić information content (AvgIpc) is 2.91. The molecule has 5 nitrogen and oxygen atoms in total. The van der Waals surface area contributed by atoms with E-state index in [1.807, 2.05) is 36.4 Å². The van der Waals surface area contributed by atoms with Gasteiger partial charge >= 0.3 is 6.09 Å². The van der Waals surface area contributed by atoms with Crippen molar-refractivity contribution in [3.63, 3.8) is 0 Å². The lowest BCUT2D eigenvalue weighted by molar-refractivity contribution is -0.130. The largest absolute Gasteiger partial charge is 0.415 e. The Balaban J connectivity index is 1.55. The molecule has 2 aromatic rings. The first-order valence-electron chi connectivity index (χ1n) is 8.66. The van der Waals surface area contributed by atoms with Crippen LogP contribution in [0.2, 0.25) is 5.02 Å². The lowest BCUT2D eigenvalue weighted by Crippen LogP contribution is -2.39. The van der Waals surface area contributed by atoms with Gasteiger partial charge in [0.1, 0.15) is 5.75 Å². The van der Waals surface area contributed by atoms with Crippen molar-refractivity contribution in [3.8, 4) is 5.75 Å². The Hall–Kier alpha value is -2.53. The van der Waals surface area contributed by atoms with Gasteiger partial charge in [-0.15, -0.1) is 0 Å². The number of carbonyl (C=O) groups excluding carboxylic acids is 2. The Morgan fingerprint density at radius 2 is 1.54 bits per heavy atom. The van der Waals surface area contributed by atoms with Gasteiger partial charge < -0.3 is 14.5 Å². The van der Waals surface area contributed by atoms with Gasteiger partial charge in [-0.2, -0.15) is 0 Å². The Kier molecular flexibility index (Phi) is 6.12. The normalized spacial score (nSPS) is 14.7. The van der Waals surface area contributed by atoms with E-state index in [0.29, 0.717) is 37.0 Å². The molecule has 0 N–H and O–H groups in total. The highest BCUT2D eigenvalue weighted by molar-refractivity contribution is 6.31. The second kappa shape index (κ2) is 8.72. The van der Waals surface area contributed by atoms with E-state index in [-0.39, 0.29) is 18.4 Å². The van der Waals surface area contributed by atoms with Crippen LogP contribution < -0.4 is 4.74 Å². The van der Waals surface area contributed by atoms with Crippen molar-refractivity contribution in [1.29, 1.82) is 0 Å². The van der Waals surface area contributed by atoms with Crippen molar-refractivity contribution in [1.82, 2.24) is 9.80 Å². The smallest absolute Gasteiger partial charge is 0.410 e. The summed E-state index contributed by atoms with van der Waals surface area (Å²) in [5.74, 6) is 0.546. The molecule has 6 heteroatoms. The molecule has 136 valence electrons. The van der Waals surface area contributed by atoms with Gasteiger partial charge in [-0.3, -0.25) is 4.79 Å². The zero-order chi connectivity index (χ0) is 18.4. The minimum Gasteiger partial charge on any atom is -0.410 e. The molecule has 26 heavy (non-hydrogen) atoms. The zero-order valence-electron chi connectivity index (χ0n) is 14.4. The van der Waals surface area contributed by atoms with E-state index in [2.05, 4.69) is 0 Å². The molecule has 0 bridgehead atoms. The van der Waals surface area contributed by atoms with Crippen LogP contribution in [0.15, 0.2) is 54.6 Å². The summed E-state index contributed by atoms with van der Waals surface area (Å²) in [5.41, 5.74) is 0.823. The van der Waals surface area contributed by atoms with Gasteiger partial charge in [0.2, 0.25) is 5.91 Å². The van der Waals surface area contributed by atoms with E-state index in [1.54, 1.807) is 28.0 Å². The highest BCUT2D eigenvalue weighted by atomic mass is 35.5. The predicted molar refractivity (Wildman–Crippen MR) is 100 cm³/mol. The number of hydrogen-bond donors (Lipinski definition) is 0. The second-order valence-electron chi connectivity index (χ2n) is 6.17. The van der Waals surface area contributed by atoms with Crippen molar-refractivity contribution >= 4 is 23.6 Å². The maximum atomic E-state index is 12.6. The first kappa shape index (κ1) is 18.3. The number of para-hydroxylation sites is 1. The number of amides is 2. The topological polar surface area (TPSA) is 49.9 Å². The van der Waals surface area contributed by atoms with E-state index in [4.69, 9.17) is 16.3 Å². The van der Waals surface area contributed by atoms with E-state index in [1.165, 1.54) is 0 Å². The number of ether oxygens (including phenoxy) is 1. The van der Waals surface area contributed by atoms with E-state index in [0.717, 1.165) is 12.0 Å². The summed E-state index contributed by atoms with van der Waals surface area (Å²) in [6.45, 7) is 2.15. The van der Waals surface area contributed by atoms with Gasteiger partial charge in [-0.1, -0.05) is 48.0 Å². The fraction of sp³-hybridized carbons (Fsp3) is 0.300. The maximum Gasteiger partial charge on any atom is 0.415 e. The van der Waals surface area contributed by atoms with Crippen LogP contribution >= 0.6 is 11.6 Å². The molecule has 0 radical (unpaired) electrons. The molecule has 1 fully saturated rings. The first-order valence-corrected chi connectivity index (χ1v) is 9.04. The van der Waals surface area contributed by atoms with Crippen LogP contribution in [0.25, 0.3) is 0 Å². The molecular formula is C20H21ClN2O3. The Bertz CT molecular complexity index is 767. The first-order chi connectivity index (χ1) is 12.6. The SMILES string of the molecule is O=C(Cc1ccccc1Cl)N1CCCN(C(=O)Oc2ccccc2)CC1. The lowest BCUT2D eigenvalue weighted by atomic mass is 10.1. The highest BCUT2D eigenvalue weighted by Crippen LogP contribution is 2.17. The minimum atomic E-state index is -0.378. The molecule has 0 spiro atoms. The Labute approximate surface area is 158 Å². The van der Waals surface area contributed by atoms with Gasteiger partial charge in [0, 0.05) is 31.2 Å². The number of halogens is 1. The second-order valence-corrected chi connectivity index (χ2v) is 6.58. The molecule has 0 aliphatic carbocycles. The third kappa shape index (κ3) is 4.76. The van der Waals surface area contributed by atoms with Gasteiger partial charge in [0.25, 0.3) is 0 Å². The number of nitrogens with zero attached hydrogens (tertiary/aromatic N) is 2. The van der Waals surface area contributed by atoms with Crippen molar-refractivity contribution in [3.05, 3.63) is 65.2 Å². The van der Waals surface area contributed by atoms with Crippen LogP contribution in [0.4, 0.5) is 4.79 Å². The van der Waals surface area contributed by atoms with Gasteiger partial charge in [-0.25, -0.2) is 4.79 Å². The molecule has 0 aromatic heterocycles. The van der Waals surface area contributed by atoms with Crippen LogP contribution in [-0.4, -0.2) is 48.0 Å². The summed E-state index contributed by atoms with van der Waals surface area (Å²) >= 11 is 6.14. The Morgan fingerprint density at radius 1 is 0.885 bits per heavy atom. The summed E-state index contributed by atoms with van der Waals surface area (Å²) < 4.78 is 5.38. The van der Waals surface area contributed by atoms with E-state index >= 15 is 0 Å². The number of carbonyl (C=O) groups is 2. The van der Waals surface area contributed by atoms with Crippen molar-refractivity contribution in [2.24, 2.45) is 0 Å². The molecule has 1 saturated heterocycles. The van der Waals surface area contributed by atoms with Crippen LogP contribution in [0.5, 0.6) is 5.75 Å². The van der Waals surface area contributed by atoms with Crippen LogP contribution in [0, 0.1) is 0 Å². The molecule has 2 aromatic carbocycles. The van der Waals surface area contributed by atoms with E-state index in [9.17, 15) is 9.59 Å². The summed E-state index contributed by atoms with van der Waals surface area (Å²) in [6.07, 6.45) is 0.614. The summed E-state index contributed by atoms with van der Waals surface area (Å²) in [4.78, 5) is 28.3. The van der Waals surface area contributed by atoms with Crippen LogP contribution in [-0.2, 0) is 11.2 Å². The van der Waals surface area contributed by atoms with Gasteiger partial charge in [0.15, 0.2) is 0 Å². The molecule has 1 heterocycles. The highest BCUT2D eigenvalue weighted by Gasteiger charge is 2.23. The molecule has 1 aliphatic rings. The summed E-state index contributed by atoms with van der Waals surface area (Å²) in [7, 11) is 0. The third-order valence-corrected chi connectivity index (χ3v) is 4.72. The standard InChI is InChI=1S/C20H21ClN2O3/c21-18-10-5-4-7-16(18)15-19(24)22-11-6-12-23(14-13-22)20(25)26-17-8-2-1-3-9-17/h1-5,7-10H,6,11-15H2. The summed E-state index contributed by atoms with van der Waals surface area (Å²) in [5, 5.41) is 0.601. The fourth-order valence-corrected chi connectivity index (χ4v) is 3.12. The quantitative estimate of drug-likeness (QED) is 0.826. The molecule has 0 saturated carbocycles. The molecule has 1 aliphatic heterocycles. The van der Waals surface area contributed by atoms with Crippen LogP contribution in [0.1, 0.15) is 12.0 Å². The van der Waals surface area contributed by atoms with Crippen molar-refractivity contribution < 1.29 is 14.3 Å². The van der Waals surface area contributed by atoms with Crippen LogP contribution in [0.3, 0.4) is 0 Å². The van der Waals surface area contributed by atoms with Crippen molar-refractivity contribution in [2.45, 2.75) is 12.8 Å². The minimum absolute atomic E-state index is 0.0244. The predicted octanol–water partition coefficient (Wildman–Crippen LogP) is 3.62.